The second-order valence-electron chi connectivity index (χ2n) is 5.08. The number of rotatable bonds is 4. The van der Waals surface area contributed by atoms with E-state index in [1.165, 1.54) is 26.1 Å². The fourth-order valence-electron chi connectivity index (χ4n) is 2.18. The summed E-state index contributed by atoms with van der Waals surface area (Å²) in [7, 11) is 1.30. The molecule has 0 spiro atoms. The van der Waals surface area contributed by atoms with E-state index < -0.39 is 28.8 Å². The Morgan fingerprint density at radius 3 is 2.65 bits per heavy atom. The number of alkyl halides is 3. The molecule has 0 radical (unpaired) electrons. The molecule has 10 heteroatoms. The lowest BCUT2D eigenvalue weighted by Gasteiger charge is -2.15. The molecule has 0 bridgehead atoms. The molecule has 1 amide bonds. The zero-order chi connectivity index (χ0) is 19.5. The van der Waals surface area contributed by atoms with E-state index >= 15 is 0 Å². The van der Waals surface area contributed by atoms with E-state index in [9.17, 15) is 22.8 Å². The van der Waals surface area contributed by atoms with Crippen LogP contribution in [0.15, 0.2) is 39.0 Å². The molecule has 2 aromatic rings. The molecule has 0 saturated carbocycles. The van der Waals surface area contributed by atoms with Crippen molar-refractivity contribution >= 4 is 24.7 Å². The molecule has 0 atom stereocenters. The summed E-state index contributed by atoms with van der Waals surface area (Å²) in [6, 6.07) is 4.33. The van der Waals surface area contributed by atoms with E-state index in [0.29, 0.717) is 0 Å². The molecule has 0 fully saturated rings. The molecule has 2 rings (SSSR count). The highest BCUT2D eigenvalue weighted by Crippen LogP contribution is 2.30. The van der Waals surface area contributed by atoms with Gasteiger partial charge in [-0.3, -0.25) is 14.6 Å². The number of nitrogens with zero attached hydrogens (tertiary/aromatic N) is 4. The molecule has 0 aliphatic heterocycles. The van der Waals surface area contributed by atoms with E-state index in [4.69, 9.17) is 0 Å². The SMILES string of the molecule is C=N/C=N\c1c(C)n(-c2cccc(C(F)(F)F)c2)nc(C(=O)NC)c1=O. The maximum Gasteiger partial charge on any atom is 0.416 e. The van der Waals surface area contributed by atoms with Gasteiger partial charge in [-0.15, -0.1) is 0 Å². The van der Waals surface area contributed by atoms with Gasteiger partial charge in [-0.2, -0.15) is 18.3 Å². The second-order valence-corrected chi connectivity index (χ2v) is 5.08. The first-order chi connectivity index (χ1) is 12.2. The number of carbonyl (C=O) groups excluding carboxylic acids is 1. The lowest BCUT2D eigenvalue weighted by molar-refractivity contribution is -0.137. The highest BCUT2D eigenvalue weighted by molar-refractivity contribution is 5.92. The van der Waals surface area contributed by atoms with Crippen molar-refractivity contribution in [2.24, 2.45) is 9.98 Å². The van der Waals surface area contributed by atoms with Gasteiger partial charge in [0.2, 0.25) is 5.43 Å². The van der Waals surface area contributed by atoms with E-state index in [0.717, 1.165) is 23.2 Å². The average Bonchev–Trinajstić information content (AvgIpc) is 2.60. The van der Waals surface area contributed by atoms with Crippen molar-refractivity contribution in [2.45, 2.75) is 13.1 Å². The minimum atomic E-state index is -4.56. The van der Waals surface area contributed by atoms with Crippen LogP contribution in [0.4, 0.5) is 18.9 Å². The van der Waals surface area contributed by atoms with Crippen molar-refractivity contribution < 1.29 is 18.0 Å². The first kappa shape index (κ1) is 19.0. The highest BCUT2D eigenvalue weighted by atomic mass is 19.4. The van der Waals surface area contributed by atoms with Crippen LogP contribution in [-0.4, -0.2) is 35.8 Å². The predicted octanol–water partition coefficient (Wildman–Crippen LogP) is 2.28. The first-order valence-electron chi connectivity index (χ1n) is 7.22. The van der Waals surface area contributed by atoms with E-state index in [1.54, 1.807) is 0 Å². The monoisotopic (exact) mass is 365 g/mol. The van der Waals surface area contributed by atoms with Gasteiger partial charge in [0.05, 0.1) is 16.9 Å². The third kappa shape index (κ3) is 3.68. The van der Waals surface area contributed by atoms with Gasteiger partial charge in [-0.1, -0.05) is 6.07 Å². The number of carbonyl (C=O) groups is 1. The number of aliphatic imine (C=N–C) groups is 2. The van der Waals surface area contributed by atoms with Gasteiger partial charge in [0.1, 0.15) is 12.0 Å². The summed E-state index contributed by atoms with van der Waals surface area (Å²) in [6.45, 7) is 4.64. The van der Waals surface area contributed by atoms with Crippen molar-refractivity contribution in [1.82, 2.24) is 15.1 Å². The number of hydrogen-bond acceptors (Lipinski definition) is 4. The summed E-state index contributed by atoms with van der Waals surface area (Å²) in [5.41, 5.74) is -2.19. The predicted molar refractivity (Wildman–Crippen MR) is 90.7 cm³/mol. The Morgan fingerprint density at radius 1 is 1.38 bits per heavy atom. The number of nitrogens with one attached hydrogen (secondary N) is 1. The molecule has 0 saturated heterocycles. The van der Waals surface area contributed by atoms with Gasteiger partial charge in [-0.05, 0) is 31.8 Å². The Balaban J connectivity index is 2.80. The second kappa shape index (κ2) is 7.30. The Labute approximate surface area is 145 Å². The number of benzene rings is 1. The van der Waals surface area contributed by atoms with Gasteiger partial charge < -0.3 is 5.32 Å². The van der Waals surface area contributed by atoms with Crippen molar-refractivity contribution in [3.05, 3.63) is 51.4 Å². The normalized spacial score (nSPS) is 11.6. The van der Waals surface area contributed by atoms with Gasteiger partial charge in [0, 0.05) is 7.05 Å². The number of aromatic nitrogens is 2. The average molecular weight is 365 g/mol. The quantitative estimate of drug-likeness (QED) is 0.666. The van der Waals surface area contributed by atoms with Crippen LogP contribution in [0.5, 0.6) is 0 Å². The Hall–Kier alpha value is -3.30. The summed E-state index contributed by atoms with van der Waals surface area (Å²) < 4.78 is 40.0. The Kier molecular flexibility index (Phi) is 5.34. The zero-order valence-electron chi connectivity index (χ0n) is 13.8. The van der Waals surface area contributed by atoms with Gasteiger partial charge >= 0.3 is 6.18 Å². The summed E-state index contributed by atoms with van der Waals surface area (Å²) in [6.07, 6.45) is -3.56. The van der Waals surface area contributed by atoms with E-state index in [1.807, 2.05) is 0 Å². The van der Waals surface area contributed by atoms with Crippen LogP contribution in [0.25, 0.3) is 5.69 Å². The van der Waals surface area contributed by atoms with Crippen LogP contribution in [0, 0.1) is 6.92 Å². The standard InChI is InChI=1S/C16H14F3N5O2/c1-9-12(22-8-20-2)14(25)13(15(26)21-3)23-24(9)11-6-4-5-10(7-11)16(17,18)19/h4-8H,2H2,1,3H3,(H,21,26)/b22-8-. The van der Waals surface area contributed by atoms with Crippen LogP contribution in [0.3, 0.4) is 0 Å². The summed E-state index contributed by atoms with van der Waals surface area (Å²) in [4.78, 5) is 31.6. The van der Waals surface area contributed by atoms with Crippen LogP contribution in [0.1, 0.15) is 21.7 Å². The number of hydrogen-bond donors (Lipinski definition) is 1. The molecule has 136 valence electrons. The molecule has 0 unspecified atom stereocenters. The van der Waals surface area contributed by atoms with Crippen LogP contribution in [0.2, 0.25) is 0 Å². The van der Waals surface area contributed by atoms with Crippen molar-refractivity contribution in [3.8, 4) is 5.69 Å². The van der Waals surface area contributed by atoms with Crippen molar-refractivity contribution in [3.63, 3.8) is 0 Å². The Morgan fingerprint density at radius 2 is 2.08 bits per heavy atom. The molecule has 1 N–H and O–H groups in total. The smallest absolute Gasteiger partial charge is 0.354 e. The number of amides is 1. The molecule has 1 aromatic carbocycles. The molecule has 7 nitrogen and oxygen atoms in total. The van der Waals surface area contributed by atoms with Gasteiger partial charge in [-0.25, -0.2) is 9.67 Å². The molecular weight excluding hydrogens is 351 g/mol. The molecule has 26 heavy (non-hydrogen) atoms. The minimum Gasteiger partial charge on any atom is -0.354 e. The molecular formula is C16H14F3N5O2. The zero-order valence-corrected chi connectivity index (χ0v) is 13.8. The maximum atomic E-state index is 13.0. The van der Waals surface area contributed by atoms with E-state index in [-0.39, 0.29) is 17.1 Å². The fraction of sp³-hybridized carbons (Fsp3) is 0.188. The topological polar surface area (TPSA) is 88.7 Å². The largest absolute Gasteiger partial charge is 0.416 e. The van der Waals surface area contributed by atoms with E-state index in [2.05, 4.69) is 27.1 Å². The Bertz CT molecular complexity index is 948. The highest BCUT2D eigenvalue weighted by Gasteiger charge is 2.31. The molecule has 0 aliphatic rings. The van der Waals surface area contributed by atoms with Gasteiger partial charge in [0.15, 0.2) is 5.69 Å². The third-order valence-electron chi connectivity index (χ3n) is 3.42. The van der Waals surface area contributed by atoms with Crippen LogP contribution >= 0.6 is 0 Å². The molecule has 0 aliphatic carbocycles. The van der Waals surface area contributed by atoms with Gasteiger partial charge in [0.25, 0.3) is 5.91 Å². The summed E-state index contributed by atoms with van der Waals surface area (Å²) in [5.74, 6) is -0.793. The maximum absolute atomic E-state index is 13.0. The van der Waals surface area contributed by atoms with Crippen LogP contribution < -0.4 is 10.7 Å². The minimum absolute atomic E-state index is 0.0190. The van der Waals surface area contributed by atoms with Crippen LogP contribution in [-0.2, 0) is 6.18 Å². The fourth-order valence-corrected chi connectivity index (χ4v) is 2.18. The molecule has 1 heterocycles. The van der Waals surface area contributed by atoms with Crippen molar-refractivity contribution in [2.75, 3.05) is 7.05 Å². The third-order valence-corrected chi connectivity index (χ3v) is 3.42. The number of halogens is 3. The lowest BCUT2D eigenvalue weighted by atomic mass is 10.2. The molecule has 1 aromatic heterocycles. The lowest BCUT2D eigenvalue weighted by Crippen LogP contribution is -2.30. The summed E-state index contributed by atoms with van der Waals surface area (Å²) >= 11 is 0. The first-order valence-corrected chi connectivity index (χ1v) is 7.22. The summed E-state index contributed by atoms with van der Waals surface area (Å²) in [5, 5.41) is 6.17. The van der Waals surface area contributed by atoms with Crippen molar-refractivity contribution in [1.29, 1.82) is 0 Å².